The lowest BCUT2D eigenvalue weighted by molar-refractivity contribution is -0.870. The molecule has 0 heterocycles. The quantitative estimate of drug-likeness (QED) is 0.0272. The molecule has 3 unspecified atom stereocenters. The maximum Gasteiger partial charge on any atom is 0.268 e. The molecule has 0 spiro atoms. The van der Waals surface area contributed by atoms with E-state index in [0.717, 1.165) is 44.9 Å². The van der Waals surface area contributed by atoms with Crippen molar-refractivity contribution in [3.8, 4) is 0 Å². The number of rotatable bonds is 56. The largest absolute Gasteiger partial charge is 0.756 e. The second-order valence-electron chi connectivity index (χ2n) is 22.1. The van der Waals surface area contributed by atoms with Crippen LogP contribution in [0.25, 0.3) is 0 Å². The van der Waals surface area contributed by atoms with Crippen molar-refractivity contribution in [1.29, 1.82) is 0 Å². The van der Waals surface area contributed by atoms with Crippen LogP contribution in [0.5, 0.6) is 0 Å². The van der Waals surface area contributed by atoms with Gasteiger partial charge in [-0.25, -0.2) is 0 Å². The lowest BCUT2D eigenvalue weighted by Crippen LogP contribution is -2.46. The average Bonchev–Trinajstić information content (AvgIpc) is 3.31. The zero-order valence-corrected chi connectivity index (χ0v) is 47.7. The summed E-state index contributed by atoms with van der Waals surface area (Å²) in [5.74, 6) is -0.161. The Bertz CT molecular complexity index is 1170. The van der Waals surface area contributed by atoms with Crippen LogP contribution in [-0.4, -0.2) is 68.5 Å². The number of allylic oxidation sites excluding steroid dienone is 4. The molecule has 0 saturated carbocycles. The van der Waals surface area contributed by atoms with Crippen LogP contribution in [0, 0.1) is 0 Å². The smallest absolute Gasteiger partial charge is 0.268 e. The van der Waals surface area contributed by atoms with Crippen molar-refractivity contribution in [3.05, 3.63) is 24.3 Å². The van der Waals surface area contributed by atoms with Gasteiger partial charge in [0.25, 0.3) is 7.82 Å². The van der Waals surface area contributed by atoms with Gasteiger partial charge >= 0.3 is 0 Å². The minimum atomic E-state index is -4.56. The molecule has 0 aliphatic rings. The molecule has 410 valence electrons. The first-order valence-corrected chi connectivity index (χ1v) is 31.6. The molecule has 0 rings (SSSR count). The van der Waals surface area contributed by atoms with E-state index < -0.39 is 20.0 Å². The van der Waals surface area contributed by atoms with Crippen LogP contribution >= 0.6 is 7.82 Å². The van der Waals surface area contributed by atoms with Crippen LogP contribution in [0.2, 0.25) is 0 Å². The molecule has 69 heavy (non-hydrogen) atoms. The summed E-state index contributed by atoms with van der Waals surface area (Å²) in [4.78, 5) is 25.4. The summed E-state index contributed by atoms with van der Waals surface area (Å²) < 4.78 is 23.3. The maximum absolute atomic E-state index is 12.9. The number of nitrogens with zero attached hydrogens (tertiary/aromatic N) is 1. The van der Waals surface area contributed by atoms with Gasteiger partial charge in [0.05, 0.1) is 39.9 Å². The number of aliphatic hydroxyl groups is 1. The Balaban J connectivity index is 3.81. The van der Waals surface area contributed by atoms with Gasteiger partial charge in [0, 0.05) is 6.42 Å². The second kappa shape index (κ2) is 51.9. The number of aliphatic hydroxyl groups excluding tert-OH is 1. The average molecular weight is 996 g/mol. The lowest BCUT2D eigenvalue weighted by atomic mass is 10.0. The number of nitrogens with one attached hydrogen (secondary N) is 1. The zero-order chi connectivity index (χ0) is 50.6. The number of carbonyl (C=O) groups is 1. The first kappa shape index (κ1) is 68.0. The summed E-state index contributed by atoms with van der Waals surface area (Å²) >= 11 is 0. The minimum Gasteiger partial charge on any atom is -0.756 e. The van der Waals surface area contributed by atoms with Crippen molar-refractivity contribution in [2.45, 2.75) is 315 Å². The number of quaternary nitrogens is 1. The first-order chi connectivity index (χ1) is 33.5. The fourth-order valence-corrected chi connectivity index (χ4v) is 9.91. The predicted molar refractivity (Wildman–Crippen MR) is 298 cm³/mol. The maximum atomic E-state index is 12.9. The molecule has 0 aromatic heterocycles. The Morgan fingerprint density at radius 3 is 1.20 bits per heavy atom. The number of carbonyl (C=O) groups excluding carboxylic acids is 1. The van der Waals surface area contributed by atoms with E-state index in [-0.39, 0.29) is 19.1 Å². The highest BCUT2D eigenvalue weighted by molar-refractivity contribution is 7.45. The molecule has 0 radical (unpaired) electrons. The van der Waals surface area contributed by atoms with Crippen molar-refractivity contribution in [1.82, 2.24) is 5.32 Å². The Hall–Kier alpha value is -1.02. The summed E-state index contributed by atoms with van der Waals surface area (Å²) in [6.45, 7) is 4.72. The fraction of sp³-hybridized carbons (Fsp3) is 0.917. The number of phosphoric ester groups is 1. The third kappa shape index (κ3) is 54.6. The second-order valence-corrected chi connectivity index (χ2v) is 23.5. The third-order valence-electron chi connectivity index (χ3n) is 13.9. The summed E-state index contributed by atoms with van der Waals surface area (Å²) in [7, 11) is 1.32. The van der Waals surface area contributed by atoms with Gasteiger partial charge in [-0.05, 0) is 44.9 Å². The van der Waals surface area contributed by atoms with Crippen LogP contribution in [0.15, 0.2) is 24.3 Å². The van der Waals surface area contributed by atoms with E-state index in [4.69, 9.17) is 9.05 Å². The van der Waals surface area contributed by atoms with Crippen LogP contribution in [0.3, 0.4) is 0 Å². The standard InChI is InChI=1S/C60H119N2O6P/c1-6-8-10-12-14-16-18-19-20-21-22-23-24-25-26-27-28-29-30-31-32-33-34-35-36-37-38-39-40-41-42-43-44-46-48-50-52-54-60(64)61-58(57-68-69(65,66)67-56-55-62(3,4)5)59(63)53-51-49-47-45-17-15-13-11-9-7-2/h18-19,21-22,58-59,63H,6-17,20,23-57H2,1-5H3,(H-,61,64,65,66)/b19-18-,22-21-. The SMILES string of the molecule is CCCCCCC/C=C\C/C=C\CCCCCCCCCCCCCCCCCCCCCCCCCCCC(=O)NC(COP(=O)([O-])OCC[N+](C)(C)C)C(O)CCCCCCCCCCCC. The molecule has 0 aliphatic carbocycles. The van der Waals surface area contributed by atoms with Crippen LogP contribution in [0.4, 0.5) is 0 Å². The number of amides is 1. The molecule has 9 heteroatoms. The number of phosphoric acid groups is 1. The highest BCUT2D eigenvalue weighted by atomic mass is 31.2. The van der Waals surface area contributed by atoms with Crippen molar-refractivity contribution in [2.24, 2.45) is 0 Å². The van der Waals surface area contributed by atoms with E-state index in [2.05, 4.69) is 43.5 Å². The normalized spacial score (nSPS) is 14.0. The highest BCUT2D eigenvalue weighted by Gasteiger charge is 2.24. The van der Waals surface area contributed by atoms with Crippen molar-refractivity contribution >= 4 is 13.7 Å². The summed E-state index contributed by atoms with van der Waals surface area (Å²) in [6.07, 6.45) is 65.4. The van der Waals surface area contributed by atoms with Crippen LogP contribution in [-0.2, 0) is 18.4 Å². The monoisotopic (exact) mass is 995 g/mol. The van der Waals surface area contributed by atoms with Gasteiger partial charge in [-0.15, -0.1) is 0 Å². The molecule has 0 aliphatic heterocycles. The molecule has 0 aromatic carbocycles. The van der Waals surface area contributed by atoms with E-state index in [1.54, 1.807) is 0 Å². The summed E-state index contributed by atoms with van der Waals surface area (Å²) in [5.41, 5.74) is 0. The molecular formula is C60H119N2O6P. The van der Waals surface area contributed by atoms with Crippen molar-refractivity contribution in [3.63, 3.8) is 0 Å². The van der Waals surface area contributed by atoms with E-state index >= 15 is 0 Å². The fourth-order valence-electron chi connectivity index (χ4n) is 9.19. The van der Waals surface area contributed by atoms with Gasteiger partial charge in [-0.1, -0.05) is 276 Å². The van der Waals surface area contributed by atoms with Crippen molar-refractivity contribution in [2.75, 3.05) is 40.9 Å². The molecular weight excluding hydrogens is 876 g/mol. The molecule has 0 fully saturated rings. The van der Waals surface area contributed by atoms with Gasteiger partial charge in [0.15, 0.2) is 0 Å². The van der Waals surface area contributed by atoms with E-state index in [1.165, 1.54) is 231 Å². The van der Waals surface area contributed by atoms with E-state index in [1.807, 2.05) is 21.1 Å². The number of likely N-dealkylation sites (N-methyl/N-ethyl adjacent to an activating group) is 1. The summed E-state index contributed by atoms with van der Waals surface area (Å²) in [5, 5.41) is 13.9. The van der Waals surface area contributed by atoms with Crippen molar-refractivity contribution < 1.29 is 32.9 Å². The number of hydrogen-bond donors (Lipinski definition) is 2. The Labute approximate surface area is 430 Å². The molecule has 8 nitrogen and oxygen atoms in total. The minimum absolute atomic E-state index is 0.0147. The molecule has 0 bridgehead atoms. The molecule has 0 saturated heterocycles. The van der Waals surface area contributed by atoms with Crippen LogP contribution in [0.1, 0.15) is 303 Å². The predicted octanol–water partition coefficient (Wildman–Crippen LogP) is 17.7. The lowest BCUT2D eigenvalue weighted by Gasteiger charge is -2.30. The third-order valence-corrected chi connectivity index (χ3v) is 14.9. The van der Waals surface area contributed by atoms with Gasteiger partial charge < -0.3 is 28.8 Å². The van der Waals surface area contributed by atoms with E-state index in [0.29, 0.717) is 23.9 Å². The highest BCUT2D eigenvalue weighted by Crippen LogP contribution is 2.38. The van der Waals surface area contributed by atoms with Gasteiger partial charge in [0.1, 0.15) is 13.2 Å². The topological polar surface area (TPSA) is 108 Å². The molecule has 3 atom stereocenters. The Morgan fingerprint density at radius 2 is 0.841 bits per heavy atom. The molecule has 2 N–H and O–H groups in total. The Morgan fingerprint density at radius 1 is 0.507 bits per heavy atom. The summed E-state index contributed by atoms with van der Waals surface area (Å²) in [6, 6.07) is -0.795. The number of unbranched alkanes of at least 4 members (excludes halogenated alkanes) is 39. The number of hydrogen-bond acceptors (Lipinski definition) is 6. The van der Waals surface area contributed by atoms with Crippen LogP contribution < -0.4 is 10.2 Å². The van der Waals surface area contributed by atoms with Gasteiger partial charge in [-0.3, -0.25) is 9.36 Å². The van der Waals surface area contributed by atoms with Gasteiger partial charge in [0.2, 0.25) is 5.91 Å². The van der Waals surface area contributed by atoms with Gasteiger partial charge in [-0.2, -0.15) is 0 Å². The van der Waals surface area contributed by atoms with E-state index in [9.17, 15) is 19.4 Å². The Kier molecular flexibility index (Phi) is 51.1. The molecule has 0 aromatic rings. The first-order valence-electron chi connectivity index (χ1n) is 30.2. The molecule has 1 amide bonds. The zero-order valence-electron chi connectivity index (χ0n) is 46.8.